The van der Waals surface area contributed by atoms with Crippen LogP contribution in [0.5, 0.6) is 0 Å². The standard InChI is InChI=1S/C26H34N4O2/c27-15-13-25(31)21-29(19-23-9-3-1-4-10-23)17-7-8-18-30(22-26(32)14-16-28)20-24-11-5-2-6-12-24/h1-6,9-12,25-26,31-32H,7-8,13-14,17-22H2/t25-,26-/m0/s1. The molecule has 0 heterocycles. The summed E-state index contributed by atoms with van der Waals surface area (Å²) in [5.41, 5.74) is 2.36. The predicted octanol–water partition coefficient (Wildman–Crippen LogP) is 3.32. The van der Waals surface area contributed by atoms with E-state index in [9.17, 15) is 10.2 Å². The third kappa shape index (κ3) is 10.5. The second-order valence-corrected chi connectivity index (χ2v) is 8.18. The van der Waals surface area contributed by atoms with E-state index in [2.05, 4.69) is 34.1 Å². The van der Waals surface area contributed by atoms with E-state index in [1.54, 1.807) is 0 Å². The minimum Gasteiger partial charge on any atom is -0.391 e. The third-order valence-electron chi connectivity index (χ3n) is 5.29. The van der Waals surface area contributed by atoms with E-state index < -0.39 is 12.2 Å². The van der Waals surface area contributed by atoms with Crippen LogP contribution in [0.25, 0.3) is 0 Å². The molecule has 0 bridgehead atoms. The van der Waals surface area contributed by atoms with Gasteiger partial charge in [-0.15, -0.1) is 0 Å². The molecule has 6 nitrogen and oxygen atoms in total. The molecule has 0 unspecified atom stereocenters. The Hall–Kier alpha value is -2.74. The molecular weight excluding hydrogens is 400 g/mol. The number of unbranched alkanes of at least 4 members (excludes halogenated alkanes) is 1. The lowest BCUT2D eigenvalue weighted by molar-refractivity contribution is 0.102. The Bertz CT molecular complexity index is 761. The number of hydrogen-bond acceptors (Lipinski definition) is 6. The fourth-order valence-corrected chi connectivity index (χ4v) is 3.76. The van der Waals surface area contributed by atoms with Gasteiger partial charge in [0.25, 0.3) is 0 Å². The Labute approximate surface area is 191 Å². The molecule has 2 atom stereocenters. The van der Waals surface area contributed by atoms with Gasteiger partial charge in [0, 0.05) is 26.2 Å². The van der Waals surface area contributed by atoms with Gasteiger partial charge in [0.1, 0.15) is 0 Å². The van der Waals surface area contributed by atoms with E-state index in [0.717, 1.165) is 39.0 Å². The van der Waals surface area contributed by atoms with Crippen LogP contribution in [0.15, 0.2) is 60.7 Å². The number of nitrogens with zero attached hydrogens (tertiary/aromatic N) is 4. The Morgan fingerprint density at radius 2 is 1.03 bits per heavy atom. The first-order chi connectivity index (χ1) is 15.6. The second kappa shape index (κ2) is 15.1. The lowest BCUT2D eigenvalue weighted by Gasteiger charge is -2.27. The summed E-state index contributed by atoms with van der Waals surface area (Å²) in [6, 6.07) is 24.4. The summed E-state index contributed by atoms with van der Waals surface area (Å²) < 4.78 is 0. The number of hydrogen-bond donors (Lipinski definition) is 2. The van der Waals surface area contributed by atoms with Crippen LogP contribution in [0.2, 0.25) is 0 Å². The van der Waals surface area contributed by atoms with Gasteiger partial charge in [0.15, 0.2) is 0 Å². The molecule has 2 N–H and O–H groups in total. The molecular formula is C26H34N4O2. The second-order valence-electron chi connectivity index (χ2n) is 8.18. The number of rotatable bonds is 15. The van der Waals surface area contributed by atoms with Gasteiger partial charge in [-0.1, -0.05) is 60.7 Å². The van der Waals surface area contributed by atoms with Gasteiger partial charge in [0.05, 0.1) is 37.2 Å². The minimum atomic E-state index is -0.653. The maximum absolute atomic E-state index is 10.1. The Kier molecular flexibility index (Phi) is 12.1. The first-order valence-corrected chi connectivity index (χ1v) is 11.2. The highest BCUT2D eigenvalue weighted by Crippen LogP contribution is 2.11. The van der Waals surface area contributed by atoms with Crippen LogP contribution in [0.1, 0.15) is 36.8 Å². The van der Waals surface area contributed by atoms with E-state index >= 15 is 0 Å². The van der Waals surface area contributed by atoms with Crippen molar-refractivity contribution >= 4 is 0 Å². The highest BCUT2D eigenvalue weighted by Gasteiger charge is 2.14. The number of aliphatic hydroxyl groups is 2. The lowest BCUT2D eigenvalue weighted by Crippen LogP contribution is -2.34. The fourth-order valence-electron chi connectivity index (χ4n) is 3.76. The highest BCUT2D eigenvalue weighted by molar-refractivity contribution is 5.15. The monoisotopic (exact) mass is 434 g/mol. The molecule has 0 aliphatic rings. The zero-order chi connectivity index (χ0) is 23.0. The molecule has 6 heteroatoms. The largest absolute Gasteiger partial charge is 0.391 e. The van der Waals surface area contributed by atoms with E-state index in [0.29, 0.717) is 13.1 Å². The molecule has 0 saturated carbocycles. The molecule has 0 amide bonds. The number of nitriles is 2. The fraction of sp³-hybridized carbons (Fsp3) is 0.462. The summed E-state index contributed by atoms with van der Waals surface area (Å²) in [5.74, 6) is 0. The van der Waals surface area contributed by atoms with Crippen LogP contribution in [-0.4, -0.2) is 58.4 Å². The minimum absolute atomic E-state index is 0.132. The van der Waals surface area contributed by atoms with Gasteiger partial charge in [-0.05, 0) is 37.1 Å². The van der Waals surface area contributed by atoms with Gasteiger partial charge in [-0.3, -0.25) is 9.80 Å². The molecule has 2 aromatic carbocycles. The quantitative estimate of drug-likeness (QED) is 0.418. The summed E-state index contributed by atoms with van der Waals surface area (Å²) in [4.78, 5) is 4.40. The molecule has 2 aromatic rings. The molecule has 32 heavy (non-hydrogen) atoms. The number of benzene rings is 2. The highest BCUT2D eigenvalue weighted by atomic mass is 16.3. The van der Waals surface area contributed by atoms with E-state index in [1.807, 2.05) is 48.5 Å². The van der Waals surface area contributed by atoms with Crippen molar-refractivity contribution in [2.45, 2.75) is 51.0 Å². The van der Waals surface area contributed by atoms with Crippen molar-refractivity contribution in [3.05, 3.63) is 71.8 Å². The molecule has 0 aliphatic heterocycles. The molecule has 0 aromatic heterocycles. The first kappa shape index (κ1) is 25.5. The zero-order valence-electron chi connectivity index (χ0n) is 18.7. The van der Waals surface area contributed by atoms with Gasteiger partial charge in [-0.25, -0.2) is 0 Å². The molecule has 2 rings (SSSR count). The van der Waals surface area contributed by atoms with Crippen molar-refractivity contribution in [1.29, 1.82) is 10.5 Å². The normalized spacial score (nSPS) is 12.9. The molecule has 0 aliphatic carbocycles. The van der Waals surface area contributed by atoms with Crippen molar-refractivity contribution in [1.82, 2.24) is 9.80 Å². The molecule has 0 spiro atoms. The summed E-state index contributed by atoms with van der Waals surface area (Å²) in [5, 5.41) is 38.0. The first-order valence-electron chi connectivity index (χ1n) is 11.2. The average Bonchev–Trinajstić information content (AvgIpc) is 2.78. The van der Waals surface area contributed by atoms with Crippen LogP contribution >= 0.6 is 0 Å². The molecule has 0 radical (unpaired) electrons. The van der Waals surface area contributed by atoms with Gasteiger partial charge >= 0.3 is 0 Å². The summed E-state index contributed by atoms with van der Waals surface area (Å²) in [6.07, 6.45) is 0.830. The van der Waals surface area contributed by atoms with Gasteiger partial charge in [-0.2, -0.15) is 10.5 Å². The van der Waals surface area contributed by atoms with Crippen molar-refractivity contribution in [2.75, 3.05) is 26.2 Å². The Balaban J connectivity index is 1.89. The van der Waals surface area contributed by atoms with Crippen LogP contribution in [0.3, 0.4) is 0 Å². The Morgan fingerprint density at radius 3 is 1.38 bits per heavy atom. The smallest absolute Gasteiger partial charge is 0.0796 e. The topological polar surface area (TPSA) is 94.5 Å². The van der Waals surface area contributed by atoms with Crippen molar-refractivity contribution < 1.29 is 10.2 Å². The maximum atomic E-state index is 10.1. The van der Waals surface area contributed by atoms with Crippen LogP contribution < -0.4 is 0 Å². The van der Waals surface area contributed by atoms with Crippen LogP contribution in [-0.2, 0) is 13.1 Å². The van der Waals surface area contributed by atoms with E-state index in [4.69, 9.17) is 10.5 Å². The SMILES string of the molecule is N#CC[C@H](O)CN(CCCCN(Cc1ccccc1)C[C@@H](O)CC#N)Cc1ccccc1. The molecule has 170 valence electrons. The summed E-state index contributed by atoms with van der Waals surface area (Å²) in [7, 11) is 0. The Morgan fingerprint density at radius 1 is 0.656 bits per heavy atom. The zero-order valence-corrected chi connectivity index (χ0v) is 18.7. The van der Waals surface area contributed by atoms with Crippen molar-refractivity contribution in [2.24, 2.45) is 0 Å². The average molecular weight is 435 g/mol. The molecule has 0 saturated heterocycles. The molecule has 0 fully saturated rings. The summed E-state index contributed by atoms with van der Waals surface area (Å²) in [6.45, 7) is 4.04. The summed E-state index contributed by atoms with van der Waals surface area (Å²) >= 11 is 0. The third-order valence-corrected chi connectivity index (χ3v) is 5.29. The van der Waals surface area contributed by atoms with Gasteiger partial charge < -0.3 is 10.2 Å². The van der Waals surface area contributed by atoms with Gasteiger partial charge in [0.2, 0.25) is 0 Å². The number of aliphatic hydroxyl groups excluding tert-OH is 2. The predicted molar refractivity (Wildman–Crippen MR) is 125 cm³/mol. The van der Waals surface area contributed by atoms with E-state index in [1.165, 1.54) is 11.1 Å². The van der Waals surface area contributed by atoms with Crippen LogP contribution in [0.4, 0.5) is 0 Å². The van der Waals surface area contributed by atoms with E-state index in [-0.39, 0.29) is 12.8 Å². The van der Waals surface area contributed by atoms with Crippen LogP contribution in [0, 0.1) is 22.7 Å². The van der Waals surface area contributed by atoms with Crippen molar-refractivity contribution in [3.8, 4) is 12.1 Å². The maximum Gasteiger partial charge on any atom is 0.0796 e. The van der Waals surface area contributed by atoms with Crippen molar-refractivity contribution in [3.63, 3.8) is 0 Å². The lowest BCUT2D eigenvalue weighted by atomic mass is 10.1.